The number of likely N-dealkylation sites (tertiary alicyclic amines) is 1. The van der Waals surface area contributed by atoms with E-state index < -0.39 is 18.2 Å². The van der Waals surface area contributed by atoms with Gasteiger partial charge in [0.2, 0.25) is 0 Å². The van der Waals surface area contributed by atoms with Gasteiger partial charge in [0.1, 0.15) is 0 Å². The quantitative estimate of drug-likeness (QED) is 0.346. The highest BCUT2D eigenvalue weighted by molar-refractivity contribution is 5.65. The smallest absolute Gasteiger partial charge is 0.407 e. The number of hydrogen-bond donors (Lipinski definition) is 1. The minimum absolute atomic E-state index is 0.163. The topological polar surface area (TPSA) is 117 Å². The maximum Gasteiger partial charge on any atom is 0.407 e. The first-order valence-electron chi connectivity index (χ1n) is 7.07. The second-order valence-corrected chi connectivity index (χ2v) is 5.04. The first-order valence-corrected chi connectivity index (χ1v) is 7.07. The highest BCUT2D eigenvalue weighted by atomic mass is 16.7. The van der Waals surface area contributed by atoms with Crippen LogP contribution < -0.4 is 0 Å². The Morgan fingerprint density at radius 3 is 2.86 bits per heavy atom. The van der Waals surface area contributed by atoms with E-state index in [9.17, 15) is 4.79 Å². The minimum Gasteiger partial charge on any atom is -0.465 e. The molecule has 2 saturated heterocycles. The summed E-state index contributed by atoms with van der Waals surface area (Å²) in [4.78, 5) is 14.9. The van der Waals surface area contributed by atoms with Crippen LogP contribution in [-0.4, -0.2) is 67.4 Å². The van der Waals surface area contributed by atoms with Gasteiger partial charge >= 0.3 is 6.09 Å². The molecule has 2 aliphatic heterocycles. The van der Waals surface area contributed by atoms with E-state index >= 15 is 0 Å². The van der Waals surface area contributed by atoms with Crippen molar-refractivity contribution < 1.29 is 24.1 Å². The van der Waals surface area contributed by atoms with Crippen LogP contribution in [-0.2, 0) is 14.2 Å². The second kappa shape index (κ2) is 8.04. The van der Waals surface area contributed by atoms with Crippen molar-refractivity contribution in [3.63, 3.8) is 0 Å². The Labute approximate surface area is 122 Å². The summed E-state index contributed by atoms with van der Waals surface area (Å²) in [6, 6.07) is -0.489. The highest BCUT2D eigenvalue weighted by Gasteiger charge is 2.35. The lowest BCUT2D eigenvalue weighted by atomic mass is 10.2. The third kappa shape index (κ3) is 4.75. The lowest BCUT2D eigenvalue weighted by Gasteiger charge is -2.23. The van der Waals surface area contributed by atoms with Gasteiger partial charge in [0.05, 0.1) is 31.9 Å². The molecule has 2 heterocycles. The summed E-state index contributed by atoms with van der Waals surface area (Å²) in [5.74, 6) is 0. The molecule has 21 heavy (non-hydrogen) atoms. The number of rotatable bonds is 6. The largest absolute Gasteiger partial charge is 0.465 e. The van der Waals surface area contributed by atoms with E-state index in [-0.39, 0.29) is 19.4 Å². The molecule has 0 aromatic rings. The van der Waals surface area contributed by atoms with Crippen LogP contribution in [0.2, 0.25) is 0 Å². The SMILES string of the molecule is [N-]=[N+]=N[C@H]1CN(C(=O)O)C[C@@H]1OCCOC1CCCCO1. The molecule has 3 atom stereocenters. The zero-order valence-electron chi connectivity index (χ0n) is 11.8. The van der Waals surface area contributed by atoms with E-state index in [1.54, 1.807) is 0 Å². The summed E-state index contributed by atoms with van der Waals surface area (Å²) in [5.41, 5.74) is 8.51. The van der Waals surface area contributed by atoms with Crippen molar-refractivity contribution in [1.29, 1.82) is 0 Å². The predicted molar refractivity (Wildman–Crippen MR) is 71.8 cm³/mol. The van der Waals surface area contributed by atoms with Gasteiger partial charge < -0.3 is 24.2 Å². The van der Waals surface area contributed by atoms with Gasteiger partial charge in [-0.15, -0.1) is 0 Å². The molecule has 1 amide bonds. The fourth-order valence-electron chi connectivity index (χ4n) is 2.48. The number of ether oxygens (including phenoxy) is 3. The number of carbonyl (C=O) groups is 1. The molecule has 2 fully saturated rings. The van der Waals surface area contributed by atoms with Crippen molar-refractivity contribution in [3.8, 4) is 0 Å². The van der Waals surface area contributed by atoms with Crippen molar-refractivity contribution in [2.45, 2.75) is 37.7 Å². The van der Waals surface area contributed by atoms with Gasteiger partial charge in [-0.3, -0.25) is 0 Å². The standard InChI is InChI=1S/C12H20N4O5/c13-15-14-9-7-16(12(17)18)8-10(9)19-5-6-21-11-3-1-2-4-20-11/h9-11H,1-8H2,(H,17,18)/t9-,10-,11?/m0/s1. The summed E-state index contributed by atoms with van der Waals surface area (Å²) in [7, 11) is 0. The Kier molecular flexibility index (Phi) is 6.06. The van der Waals surface area contributed by atoms with Crippen LogP contribution in [0.15, 0.2) is 5.11 Å². The van der Waals surface area contributed by atoms with Crippen LogP contribution in [0.1, 0.15) is 19.3 Å². The first kappa shape index (κ1) is 15.8. The Bertz CT molecular complexity index is 395. The summed E-state index contributed by atoms with van der Waals surface area (Å²) >= 11 is 0. The average molecular weight is 300 g/mol. The number of nitrogens with zero attached hydrogens (tertiary/aromatic N) is 4. The summed E-state index contributed by atoms with van der Waals surface area (Å²) in [5, 5.41) is 12.5. The van der Waals surface area contributed by atoms with E-state index in [2.05, 4.69) is 10.0 Å². The number of azide groups is 1. The lowest BCUT2D eigenvalue weighted by molar-refractivity contribution is -0.171. The van der Waals surface area contributed by atoms with Gasteiger partial charge in [0.25, 0.3) is 0 Å². The summed E-state index contributed by atoms with van der Waals surface area (Å²) in [6.07, 6.45) is 1.42. The zero-order valence-corrected chi connectivity index (χ0v) is 11.8. The molecule has 2 aliphatic rings. The van der Waals surface area contributed by atoms with Gasteiger partial charge in [0.15, 0.2) is 6.29 Å². The van der Waals surface area contributed by atoms with Gasteiger partial charge in [-0.25, -0.2) is 4.79 Å². The molecule has 1 unspecified atom stereocenters. The van der Waals surface area contributed by atoms with Crippen LogP contribution in [0.5, 0.6) is 0 Å². The Morgan fingerprint density at radius 2 is 2.19 bits per heavy atom. The highest BCUT2D eigenvalue weighted by Crippen LogP contribution is 2.18. The average Bonchev–Trinajstić information content (AvgIpc) is 2.89. The van der Waals surface area contributed by atoms with Crippen molar-refractivity contribution >= 4 is 6.09 Å². The van der Waals surface area contributed by atoms with Crippen LogP contribution in [0.3, 0.4) is 0 Å². The normalized spacial score (nSPS) is 29.1. The van der Waals surface area contributed by atoms with Crippen LogP contribution in [0.4, 0.5) is 4.79 Å². The molecule has 0 radical (unpaired) electrons. The van der Waals surface area contributed by atoms with Crippen molar-refractivity contribution in [2.24, 2.45) is 5.11 Å². The van der Waals surface area contributed by atoms with Crippen LogP contribution in [0, 0.1) is 0 Å². The van der Waals surface area contributed by atoms with Crippen molar-refractivity contribution in [1.82, 2.24) is 4.90 Å². The Morgan fingerprint density at radius 1 is 1.38 bits per heavy atom. The first-order chi connectivity index (χ1) is 10.2. The second-order valence-electron chi connectivity index (χ2n) is 5.04. The lowest BCUT2D eigenvalue weighted by Crippen LogP contribution is -2.30. The molecule has 2 rings (SSSR count). The third-order valence-corrected chi connectivity index (χ3v) is 3.56. The van der Waals surface area contributed by atoms with Crippen LogP contribution >= 0.6 is 0 Å². The maximum absolute atomic E-state index is 10.9. The zero-order chi connectivity index (χ0) is 15.1. The predicted octanol–water partition coefficient (Wildman–Crippen LogP) is 1.59. The molecular formula is C12H20N4O5. The molecule has 0 bridgehead atoms. The third-order valence-electron chi connectivity index (χ3n) is 3.56. The van der Waals surface area contributed by atoms with Gasteiger partial charge in [-0.2, -0.15) is 0 Å². The Hall–Kier alpha value is -1.54. The van der Waals surface area contributed by atoms with E-state index in [0.29, 0.717) is 13.2 Å². The molecule has 0 aromatic heterocycles. The molecule has 0 aliphatic carbocycles. The molecule has 118 valence electrons. The molecule has 0 aromatic carbocycles. The van der Waals surface area contributed by atoms with Gasteiger partial charge in [-0.05, 0) is 24.8 Å². The van der Waals surface area contributed by atoms with Crippen molar-refractivity contribution in [3.05, 3.63) is 10.4 Å². The summed E-state index contributed by atoms with van der Waals surface area (Å²) < 4.78 is 16.5. The van der Waals surface area contributed by atoms with Crippen LogP contribution in [0.25, 0.3) is 10.4 Å². The number of amides is 1. The molecular weight excluding hydrogens is 280 g/mol. The summed E-state index contributed by atoms with van der Waals surface area (Å²) in [6.45, 7) is 1.78. The number of carboxylic acid groups (broad SMARTS) is 1. The van der Waals surface area contributed by atoms with Crippen molar-refractivity contribution in [2.75, 3.05) is 32.9 Å². The molecule has 0 saturated carbocycles. The van der Waals surface area contributed by atoms with E-state index in [1.165, 1.54) is 4.90 Å². The maximum atomic E-state index is 10.9. The monoisotopic (exact) mass is 300 g/mol. The van der Waals surface area contributed by atoms with E-state index in [1.807, 2.05) is 0 Å². The number of hydrogen-bond acceptors (Lipinski definition) is 5. The molecule has 0 spiro atoms. The van der Waals surface area contributed by atoms with E-state index in [4.69, 9.17) is 24.8 Å². The van der Waals surface area contributed by atoms with E-state index in [0.717, 1.165) is 25.9 Å². The molecule has 9 nitrogen and oxygen atoms in total. The van der Waals surface area contributed by atoms with Gasteiger partial charge in [0, 0.05) is 18.1 Å². The fraction of sp³-hybridized carbons (Fsp3) is 0.917. The fourth-order valence-corrected chi connectivity index (χ4v) is 2.48. The molecule has 1 N–H and O–H groups in total. The minimum atomic E-state index is -1.04. The van der Waals surface area contributed by atoms with Gasteiger partial charge in [-0.1, -0.05) is 5.11 Å². The molecule has 9 heteroatoms. The Balaban J connectivity index is 1.70.